The van der Waals surface area contributed by atoms with Gasteiger partial charge in [-0.25, -0.2) is 0 Å². The van der Waals surface area contributed by atoms with Crippen LogP contribution in [0.2, 0.25) is 0 Å². The zero-order chi connectivity index (χ0) is 14.0. The summed E-state index contributed by atoms with van der Waals surface area (Å²) in [6.45, 7) is 10.6. The van der Waals surface area contributed by atoms with E-state index >= 15 is 0 Å². The molecule has 0 saturated heterocycles. The molecule has 0 aliphatic carbocycles. The maximum Gasteiger partial charge on any atom is 0.188 e. The molecule has 1 atom stereocenters. The first-order valence-corrected chi connectivity index (χ1v) is 7.69. The van der Waals surface area contributed by atoms with Crippen molar-refractivity contribution < 1.29 is 8.95 Å². The fourth-order valence-corrected chi connectivity index (χ4v) is 2.04. The fraction of sp³-hybridized carbons (Fsp3) is 0.917. The largest absolute Gasteiger partial charge is 0.382 e. The zero-order valence-electron chi connectivity index (χ0n) is 12.0. The first kappa shape index (κ1) is 17.4. The van der Waals surface area contributed by atoms with Crippen LogP contribution in [0.15, 0.2) is 4.99 Å². The Kier molecular flexibility index (Phi) is 9.01. The highest BCUT2D eigenvalue weighted by molar-refractivity contribution is 7.86. The van der Waals surface area contributed by atoms with E-state index in [1.807, 2.05) is 27.7 Å². The second-order valence-corrected chi connectivity index (χ2v) is 7.23. The Morgan fingerprint density at radius 1 is 1.44 bits per heavy atom. The van der Waals surface area contributed by atoms with Crippen molar-refractivity contribution in [3.63, 3.8) is 0 Å². The molecule has 0 radical (unpaired) electrons. The lowest BCUT2D eigenvalue weighted by molar-refractivity contribution is 0.146. The quantitative estimate of drug-likeness (QED) is 0.392. The number of ether oxygens (including phenoxy) is 1. The summed E-state index contributed by atoms with van der Waals surface area (Å²) in [6, 6.07) is 0. The number of nitrogens with zero attached hydrogens (tertiary/aromatic N) is 1. The highest BCUT2D eigenvalue weighted by Crippen LogP contribution is 2.10. The molecule has 0 fully saturated rings. The molecule has 0 bridgehead atoms. The number of guanidine groups is 1. The third kappa shape index (κ3) is 9.41. The number of nitrogens with two attached hydrogens (primary N) is 1. The van der Waals surface area contributed by atoms with Crippen LogP contribution in [-0.4, -0.2) is 47.0 Å². The number of hydrogen-bond donors (Lipinski definition) is 2. The molecular formula is C12H27N3O2S. The molecule has 18 heavy (non-hydrogen) atoms. The molecule has 0 amide bonds. The van der Waals surface area contributed by atoms with E-state index in [0.29, 0.717) is 31.4 Å². The second kappa shape index (κ2) is 9.33. The van der Waals surface area contributed by atoms with Crippen LogP contribution in [0.5, 0.6) is 0 Å². The second-order valence-electron chi connectivity index (χ2n) is 4.91. The summed E-state index contributed by atoms with van der Waals surface area (Å²) in [5.74, 6) is 0.996. The van der Waals surface area contributed by atoms with Crippen LogP contribution < -0.4 is 11.1 Å². The van der Waals surface area contributed by atoms with Crippen molar-refractivity contribution in [2.45, 2.75) is 38.9 Å². The predicted molar refractivity (Wildman–Crippen MR) is 78.4 cm³/mol. The highest BCUT2D eigenvalue weighted by Gasteiger charge is 2.18. The molecule has 0 heterocycles. The SMILES string of the molecule is CCOCCCN=C(N)NCCS(=O)C(C)(C)C. The van der Waals surface area contributed by atoms with Gasteiger partial charge in [-0.1, -0.05) is 0 Å². The summed E-state index contributed by atoms with van der Waals surface area (Å²) in [7, 11) is -0.857. The Hall–Kier alpha value is -0.620. The van der Waals surface area contributed by atoms with Gasteiger partial charge in [0.05, 0.1) is 0 Å². The van der Waals surface area contributed by atoms with Gasteiger partial charge in [0.15, 0.2) is 5.96 Å². The Morgan fingerprint density at radius 3 is 2.67 bits per heavy atom. The van der Waals surface area contributed by atoms with E-state index in [-0.39, 0.29) is 4.75 Å². The Bertz CT molecular complexity index is 275. The molecule has 0 aliphatic rings. The molecule has 108 valence electrons. The lowest BCUT2D eigenvalue weighted by atomic mass is 10.3. The summed E-state index contributed by atoms with van der Waals surface area (Å²) in [5, 5.41) is 2.97. The number of nitrogens with one attached hydrogen (secondary N) is 1. The van der Waals surface area contributed by atoms with Gasteiger partial charge >= 0.3 is 0 Å². The zero-order valence-corrected chi connectivity index (χ0v) is 12.8. The first-order valence-electron chi connectivity index (χ1n) is 6.38. The van der Waals surface area contributed by atoms with Gasteiger partial charge in [0.25, 0.3) is 0 Å². The number of hydrogen-bond acceptors (Lipinski definition) is 3. The summed E-state index contributed by atoms with van der Waals surface area (Å²) in [5.41, 5.74) is 5.68. The number of aliphatic imine (C=N–C) groups is 1. The van der Waals surface area contributed by atoms with Crippen molar-refractivity contribution in [2.75, 3.05) is 32.1 Å². The molecular weight excluding hydrogens is 250 g/mol. The number of rotatable bonds is 8. The molecule has 0 spiro atoms. The fourth-order valence-electron chi connectivity index (χ4n) is 1.14. The van der Waals surface area contributed by atoms with E-state index in [1.165, 1.54) is 0 Å². The standard InChI is InChI=1S/C12H27N3O2S/c1-5-17-9-6-7-14-11(13)15-8-10-18(16)12(2,3)4/h5-10H2,1-4H3,(H3,13,14,15). The van der Waals surface area contributed by atoms with E-state index in [4.69, 9.17) is 10.5 Å². The van der Waals surface area contributed by atoms with Crippen LogP contribution in [0, 0.1) is 0 Å². The molecule has 6 heteroatoms. The van der Waals surface area contributed by atoms with Crippen LogP contribution in [0.25, 0.3) is 0 Å². The summed E-state index contributed by atoms with van der Waals surface area (Å²) in [6.07, 6.45) is 0.865. The van der Waals surface area contributed by atoms with Gasteiger partial charge in [-0.2, -0.15) is 0 Å². The average molecular weight is 277 g/mol. The smallest absolute Gasteiger partial charge is 0.188 e. The summed E-state index contributed by atoms with van der Waals surface area (Å²) >= 11 is 0. The Balaban J connectivity index is 3.67. The average Bonchev–Trinajstić information content (AvgIpc) is 2.27. The van der Waals surface area contributed by atoms with E-state index in [0.717, 1.165) is 13.0 Å². The lowest BCUT2D eigenvalue weighted by Crippen LogP contribution is -2.37. The predicted octanol–water partition coefficient (Wildman–Crippen LogP) is 0.865. The van der Waals surface area contributed by atoms with E-state index in [9.17, 15) is 4.21 Å². The van der Waals surface area contributed by atoms with Crippen molar-refractivity contribution in [1.29, 1.82) is 0 Å². The Labute approximate surface area is 113 Å². The van der Waals surface area contributed by atoms with Gasteiger partial charge in [-0.3, -0.25) is 9.20 Å². The van der Waals surface area contributed by atoms with Crippen molar-refractivity contribution in [1.82, 2.24) is 5.32 Å². The van der Waals surface area contributed by atoms with Gasteiger partial charge in [-0.15, -0.1) is 0 Å². The van der Waals surface area contributed by atoms with E-state index in [2.05, 4.69) is 10.3 Å². The van der Waals surface area contributed by atoms with E-state index in [1.54, 1.807) is 0 Å². The molecule has 0 rings (SSSR count). The molecule has 0 aromatic rings. The molecule has 3 N–H and O–H groups in total. The van der Waals surface area contributed by atoms with Crippen molar-refractivity contribution in [2.24, 2.45) is 10.7 Å². The van der Waals surface area contributed by atoms with Gasteiger partial charge in [0.1, 0.15) is 0 Å². The monoisotopic (exact) mass is 277 g/mol. The molecule has 0 aromatic carbocycles. The summed E-state index contributed by atoms with van der Waals surface area (Å²) < 4.78 is 16.8. The maximum absolute atomic E-state index is 11.8. The first-order chi connectivity index (χ1) is 8.38. The van der Waals surface area contributed by atoms with Crippen molar-refractivity contribution in [3.05, 3.63) is 0 Å². The normalized spacial score (nSPS) is 14.6. The van der Waals surface area contributed by atoms with Crippen LogP contribution in [0.3, 0.4) is 0 Å². The summed E-state index contributed by atoms with van der Waals surface area (Å²) in [4.78, 5) is 4.16. The van der Waals surface area contributed by atoms with Crippen LogP contribution in [0.1, 0.15) is 34.1 Å². The van der Waals surface area contributed by atoms with Gasteiger partial charge in [0.2, 0.25) is 0 Å². The molecule has 0 saturated carbocycles. The maximum atomic E-state index is 11.8. The van der Waals surface area contributed by atoms with Crippen molar-refractivity contribution >= 4 is 16.8 Å². The van der Waals surface area contributed by atoms with Crippen LogP contribution in [-0.2, 0) is 15.5 Å². The third-order valence-corrected chi connectivity index (χ3v) is 4.15. The lowest BCUT2D eigenvalue weighted by Gasteiger charge is -2.17. The molecule has 0 aromatic heterocycles. The Morgan fingerprint density at radius 2 is 2.11 bits per heavy atom. The highest BCUT2D eigenvalue weighted by atomic mass is 32.2. The van der Waals surface area contributed by atoms with Gasteiger partial charge < -0.3 is 15.8 Å². The minimum absolute atomic E-state index is 0.176. The molecule has 5 nitrogen and oxygen atoms in total. The minimum atomic E-state index is -0.857. The molecule has 0 aliphatic heterocycles. The van der Waals surface area contributed by atoms with Crippen LogP contribution in [0.4, 0.5) is 0 Å². The minimum Gasteiger partial charge on any atom is -0.382 e. The van der Waals surface area contributed by atoms with Crippen molar-refractivity contribution in [3.8, 4) is 0 Å². The third-order valence-electron chi connectivity index (χ3n) is 2.21. The molecule has 1 unspecified atom stereocenters. The van der Waals surface area contributed by atoms with Crippen LogP contribution >= 0.6 is 0 Å². The van der Waals surface area contributed by atoms with E-state index < -0.39 is 10.8 Å². The van der Waals surface area contributed by atoms with Gasteiger partial charge in [-0.05, 0) is 34.1 Å². The van der Waals surface area contributed by atoms with Gasteiger partial charge in [0, 0.05) is 47.6 Å². The topological polar surface area (TPSA) is 76.7 Å².